The van der Waals surface area contributed by atoms with Gasteiger partial charge in [-0.15, -0.1) is 0 Å². The Labute approximate surface area is 75.8 Å². The summed E-state index contributed by atoms with van der Waals surface area (Å²) in [5.41, 5.74) is 1.73. The van der Waals surface area contributed by atoms with Gasteiger partial charge in [-0.3, -0.25) is 4.79 Å². The highest BCUT2D eigenvalue weighted by Gasteiger charge is 2.03. The van der Waals surface area contributed by atoms with Crippen molar-refractivity contribution in [2.75, 3.05) is 0 Å². The molecule has 0 fully saturated rings. The lowest BCUT2D eigenvalue weighted by Crippen LogP contribution is -2.00. The SMILES string of the molecule is Cc1cc(=O)c2cccc(C)c2o1. The van der Waals surface area contributed by atoms with Crippen molar-refractivity contribution in [1.29, 1.82) is 0 Å². The van der Waals surface area contributed by atoms with Crippen molar-refractivity contribution in [3.05, 3.63) is 45.8 Å². The molecule has 1 aromatic heterocycles. The average molecular weight is 174 g/mol. The first-order chi connectivity index (χ1) is 6.18. The number of hydrogen-bond donors (Lipinski definition) is 0. The second kappa shape index (κ2) is 2.73. The van der Waals surface area contributed by atoms with Crippen molar-refractivity contribution in [2.24, 2.45) is 0 Å². The summed E-state index contributed by atoms with van der Waals surface area (Å²) in [6.45, 7) is 3.72. The number of benzene rings is 1. The van der Waals surface area contributed by atoms with E-state index < -0.39 is 0 Å². The van der Waals surface area contributed by atoms with Gasteiger partial charge in [-0.25, -0.2) is 0 Å². The smallest absolute Gasteiger partial charge is 0.192 e. The topological polar surface area (TPSA) is 30.2 Å². The molecule has 0 aliphatic heterocycles. The first kappa shape index (κ1) is 8.05. The van der Waals surface area contributed by atoms with Crippen LogP contribution in [0, 0.1) is 13.8 Å². The van der Waals surface area contributed by atoms with E-state index in [1.807, 2.05) is 19.1 Å². The molecule has 13 heavy (non-hydrogen) atoms. The molecule has 0 aliphatic carbocycles. The predicted octanol–water partition coefficient (Wildman–Crippen LogP) is 2.41. The summed E-state index contributed by atoms with van der Waals surface area (Å²) >= 11 is 0. The average Bonchev–Trinajstić information content (AvgIpc) is 2.07. The van der Waals surface area contributed by atoms with Crippen LogP contribution in [-0.2, 0) is 0 Å². The second-order valence-electron chi connectivity index (χ2n) is 3.17. The van der Waals surface area contributed by atoms with Gasteiger partial charge in [0, 0.05) is 6.07 Å². The van der Waals surface area contributed by atoms with E-state index in [9.17, 15) is 4.79 Å². The maximum absolute atomic E-state index is 11.5. The van der Waals surface area contributed by atoms with Gasteiger partial charge in [0.05, 0.1) is 5.39 Å². The van der Waals surface area contributed by atoms with Gasteiger partial charge in [-0.1, -0.05) is 12.1 Å². The fourth-order valence-electron chi connectivity index (χ4n) is 1.43. The highest BCUT2D eigenvalue weighted by atomic mass is 16.3. The molecule has 0 saturated carbocycles. The van der Waals surface area contributed by atoms with Crippen LogP contribution < -0.4 is 5.43 Å². The molecule has 2 heteroatoms. The molecule has 66 valence electrons. The number of hydrogen-bond acceptors (Lipinski definition) is 2. The Balaban J connectivity index is 3.03. The van der Waals surface area contributed by atoms with Crippen LogP contribution in [0.25, 0.3) is 11.0 Å². The quantitative estimate of drug-likeness (QED) is 0.614. The maximum atomic E-state index is 11.5. The summed E-state index contributed by atoms with van der Waals surface area (Å²) in [5.74, 6) is 0.659. The first-order valence-corrected chi connectivity index (χ1v) is 4.18. The molecule has 0 aliphatic rings. The molecule has 0 unspecified atom stereocenters. The molecule has 0 amide bonds. The van der Waals surface area contributed by atoms with Gasteiger partial charge in [-0.05, 0) is 25.5 Å². The highest BCUT2D eigenvalue weighted by molar-refractivity contribution is 5.79. The standard InChI is InChI=1S/C11H10O2/c1-7-4-3-5-9-10(12)6-8(2)13-11(7)9/h3-6H,1-2H3. The molecule has 0 bridgehead atoms. The molecule has 0 saturated heterocycles. The molecular weight excluding hydrogens is 164 g/mol. The van der Waals surface area contributed by atoms with E-state index in [1.165, 1.54) is 6.07 Å². The Morgan fingerprint density at radius 3 is 2.77 bits per heavy atom. The van der Waals surface area contributed by atoms with Crippen LogP contribution in [0.2, 0.25) is 0 Å². The molecule has 0 spiro atoms. The van der Waals surface area contributed by atoms with Gasteiger partial charge in [0.25, 0.3) is 0 Å². The van der Waals surface area contributed by atoms with Crippen LogP contribution in [0.1, 0.15) is 11.3 Å². The Bertz CT molecular complexity index is 509. The van der Waals surface area contributed by atoms with E-state index in [0.29, 0.717) is 16.7 Å². The minimum atomic E-state index is 0.0300. The Morgan fingerprint density at radius 2 is 2.00 bits per heavy atom. The zero-order valence-corrected chi connectivity index (χ0v) is 7.63. The monoisotopic (exact) mass is 174 g/mol. The van der Waals surface area contributed by atoms with E-state index in [0.717, 1.165) is 5.56 Å². The van der Waals surface area contributed by atoms with Crippen LogP contribution in [-0.4, -0.2) is 0 Å². The number of aryl methyl sites for hydroxylation is 2. The molecule has 2 nitrogen and oxygen atoms in total. The molecule has 1 heterocycles. The van der Waals surface area contributed by atoms with Gasteiger partial charge in [-0.2, -0.15) is 0 Å². The van der Waals surface area contributed by atoms with Crippen molar-refractivity contribution in [3.8, 4) is 0 Å². The van der Waals surface area contributed by atoms with Crippen molar-refractivity contribution in [1.82, 2.24) is 0 Å². The largest absolute Gasteiger partial charge is 0.461 e. The fourth-order valence-corrected chi connectivity index (χ4v) is 1.43. The molecule has 1 aromatic carbocycles. The predicted molar refractivity (Wildman–Crippen MR) is 52.0 cm³/mol. The second-order valence-corrected chi connectivity index (χ2v) is 3.17. The van der Waals surface area contributed by atoms with E-state index in [1.54, 1.807) is 13.0 Å². The van der Waals surface area contributed by atoms with E-state index >= 15 is 0 Å². The van der Waals surface area contributed by atoms with Gasteiger partial charge >= 0.3 is 0 Å². The van der Waals surface area contributed by atoms with Gasteiger partial charge in [0.2, 0.25) is 0 Å². The third kappa shape index (κ3) is 1.24. The summed E-state index contributed by atoms with van der Waals surface area (Å²) in [4.78, 5) is 11.5. The third-order valence-corrected chi connectivity index (χ3v) is 2.07. The minimum Gasteiger partial charge on any atom is -0.461 e. The van der Waals surface area contributed by atoms with Crippen LogP contribution in [0.4, 0.5) is 0 Å². The molecule has 0 atom stereocenters. The van der Waals surface area contributed by atoms with Crippen LogP contribution in [0.5, 0.6) is 0 Å². The van der Waals surface area contributed by atoms with Crippen molar-refractivity contribution < 1.29 is 4.42 Å². The van der Waals surface area contributed by atoms with Crippen LogP contribution in [0.3, 0.4) is 0 Å². The van der Waals surface area contributed by atoms with E-state index in [-0.39, 0.29) is 5.43 Å². The lowest BCUT2D eigenvalue weighted by Gasteiger charge is -2.00. The van der Waals surface area contributed by atoms with Gasteiger partial charge < -0.3 is 4.42 Å². The molecule has 2 rings (SSSR count). The van der Waals surface area contributed by atoms with Crippen LogP contribution >= 0.6 is 0 Å². The molecular formula is C11H10O2. The van der Waals surface area contributed by atoms with Crippen molar-refractivity contribution >= 4 is 11.0 Å². The van der Waals surface area contributed by atoms with Crippen molar-refractivity contribution in [3.63, 3.8) is 0 Å². The summed E-state index contributed by atoms with van der Waals surface area (Å²) in [6.07, 6.45) is 0. The van der Waals surface area contributed by atoms with Crippen LogP contribution in [0.15, 0.2) is 33.5 Å². The third-order valence-electron chi connectivity index (χ3n) is 2.07. The van der Waals surface area contributed by atoms with Crippen molar-refractivity contribution in [2.45, 2.75) is 13.8 Å². The Kier molecular flexibility index (Phi) is 1.69. The zero-order chi connectivity index (χ0) is 9.42. The lowest BCUT2D eigenvalue weighted by atomic mass is 10.1. The molecule has 0 radical (unpaired) electrons. The zero-order valence-electron chi connectivity index (χ0n) is 7.63. The van der Waals surface area contributed by atoms with Gasteiger partial charge in [0.1, 0.15) is 11.3 Å². The summed E-state index contributed by atoms with van der Waals surface area (Å²) < 4.78 is 5.47. The Morgan fingerprint density at radius 1 is 1.23 bits per heavy atom. The highest BCUT2D eigenvalue weighted by Crippen LogP contribution is 2.15. The fraction of sp³-hybridized carbons (Fsp3) is 0.182. The summed E-state index contributed by atoms with van der Waals surface area (Å²) in [7, 11) is 0. The summed E-state index contributed by atoms with van der Waals surface area (Å²) in [5, 5.41) is 0.658. The number of rotatable bonds is 0. The van der Waals surface area contributed by atoms with Gasteiger partial charge in [0.15, 0.2) is 5.43 Å². The first-order valence-electron chi connectivity index (χ1n) is 4.18. The normalized spacial score (nSPS) is 10.6. The maximum Gasteiger partial charge on any atom is 0.192 e. The number of fused-ring (bicyclic) bond motifs is 1. The molecule has 0 N–H and O–H groups in total. The minimum absolute atomic E-state index is 0.0300. The van der Waals surface area contributed by atoms with E-state index in [4.69, 9.17) is 4.42 Å². The summed E-state index contributed by atoms with van der Waals surface area (Å²) in [6, 6.07) is 7.10. The van der Waals surface area contributed by atoms with E-state index in [2.05, 4.69) is 0 Å². The number of para-hydroxylation sites is 1. The Hall–Kier alpha value is -1.57. The molecule has 2 aromatic rings. The lowest BCUT2D eigenvalue weighted by molar-refractivity contribution is 0.562.